The molecule has 0 radical (unpaired) electrons. The van der Waals surface area contributed by atoms with Crippen LogP contribution in [0.15, 0.2) is 24.3 Å². The maximum atomic E-state index is 11.9. The summed E-state index contributed by atoms with van der Waals surface area (Å²) in [5, 5.41) is 22.1. The van der Waals surface area contributed by atoms with Gasteiger partial charge in [0.15, 0.2) is 0 Å². The van der Waals surface area contributed by atoms with Crippen molar-refractivity contribution in [1.82, 2.24) is 4.90 Å². The Morgan fingerprint density at radius 1 is 1.33 bits per heavy atom. The number of para-hydroxylation sites is 2. The number of amides is 1. The predicted octanol–water partition coefficient (Wildman–Crippen LogP) is 1.08. The quantitative estimate of drug-likeness (QED) is 0.574. The largest absolute Gasteiger partial charge is 0.480 e. The van der Waals surface area contributed by atoms with Crippen molar-refractivity contribution in [2.75, 3.05) is 18.4 Å². The third-order valence-electron chi connectivity index (χ3n) is 3.12. The van der Waals surface area contributed by atoms with E-state index >= 15 is 0 Å². The monoisotopic (exact) mass is 293 g/mol. The molecule has 0 spiro atoms. The molecule has 0 aromatic heterocycles. The topological polar surface area (TPSA) is 113 Å². The van der Waals surface area contributed by atoms with Crippen LogP contribution in [0.3, 0.4) is 0 Å². The lowest BCUT2D eigenvalue weighted by molar-refractivity contribution is -0.383. The molecule has 1 amide bonds. The van der Waals surface area contributed by atoms with Gasteiger partial charge in [0.25, 0.3) is 5.69 Å². The molecule has 1 aromatic rings. The van der Waals surface area contributed by atoms with Gasteiger partial charge in [0.1, 0.15) is 5.69 Å². The van der Waals surface area contributed by atoms with Crippen LogP contribution < -0.4 is 5.32 Å². The van der Waals surface area contributed by atoms with Crippen molar-refractivity contribution < 1.29 is 19.6 Å². The SMILES string of the molecule is O=C(O)CN(CC(=O)Nc1ccccc1[N+](=O)[O-])C1CC1. The third-order valence-corrected chi connectivity index (χ3v) is 3.12. The zero-order valence-corrected chi connectivity index (χ0v) is 11.2. The normalized spacial score (nSPS) is 14.0. The molecule has 1 aliphatic rings. The summed E-state index contributed by atoms with van der Waals surface area (Å²) in [6.07, 6.45) is 1.73. The number of hydrogen-bond acceptors (Lipinski definition) is 5. The van der Waals surface area contributed by atoms with Gasteiger partial charge in [-0.1, -0.05) is 12.1 Å². The molecular weight excluding hydrogens is 278 g/mol. The minimum Gasteiger partial charge on any atom is -0.480 e. The Morgan fingerprint density at radius 2 is 2.00 bits per heavy atom. The second-order valence-corrected chi connectivity index (χ2v) is 4.85. The van der Waals surface area contributed by atoms with E-state index in [1.165, 1.54) is 18.2 Å². The van der Waals surface area contributed by atoms with Crippen LogP contribution in [-0.2, 0) is 9.59 Å². The highest BCUT2D eigenvalue weighted by atomic mass is 16.6. The van der Waals surface area contributed by atoms with Crippen LogP contribution in [-0.4, -0.2) is 45.9 Å². The van der Waals surface area contributed by atoms with E-state index in [0.717, 1.165) is 12.8 Å². The van der Waals surface area contributed by atoms with E-state index < -0.39 is 16.8 Å². The molecule has 8 heteroatoms. The Morgan fingerprint density at radius 3 is 2.57 bits per heavy atom. The average molecular weight is 293 g/mol. The van der Waals surface area contributed by atoms with E-state index in [4.69, 9.17) is 5.11 Å². The first-order valence-corrected chi connectivity index (χ1v) is 6.46. The molecule has 0 aliphatic heterocycles. The fourth-order valence-corrected chi connectivity index (χ4v) is 2.04. The van der Waals surface area contributed by atoms with E-state index in [-0.39, 0.29) is 30.5 Å². The molecule has 8 nitrogen and oxygen atoms in total. The number of aliphatic carboxylic acids is 1. The molecule has 0 heterocycles. The Bertz CT molecular complexity index is 571. The van der Waals surface area contributed by atoms with Gasteiger partial charge < -0.3 is 10.4 Å². The fraction of sp³-hybridized carbons (Fsp3) is 0.385. The predicted molar refractivity (Wildman–Crippen MR) is 74.0 cm³/mol. The second kappa shape index (κ2) is 6.31. The number of nitrogens with zero attached hydrogens (tertiary/aromatic N) is 2. The zero-order chi connectivity index (χ0) is 15.4. The molecule has 2 N–H and O–H groups in total. The van der Waals surface area contributed by atoms with Crippen molar-refractivity contribution in [3.05, 3.63) is 34.4 Å². The van der Waals surface area contributed by atoms with Crippen molar-refractivity contribution in [1.29, 1.82) is 0 Å². The molecule has 2 rings (SSSR count). The standard InChI is InChI=1S/C13H15N3O5/c17-12(7-15(8-13(18)19)9-5-6-9)14-10-3-1-2-4-11(10)16(20)21/h1-4,9H,5-8H2,(H,14,17)(H,18,19). The van der Waals surface area contributed by atoms with Crippen molar-refractivity contribution in [2.45, 2.75) is 18.9 Å². The average Bonchev–Trinajstić information content (AvgIpc) is 3.21. The second-order valence-electron chi connectivity index (χ2n) is 4.85. The number of carbonyl (C=O) groups excluding carboxylic acids is 1. The highest BCUT2D eigenvalue weighted by Crippen LogP contribution is 2.27. The van der Waals surface area contributed by atoms with Gasteiger partial charge in [-0.25, -0.2) is 0 Å². The molecule has 0 saturated heterocycles. The number of nitrogens with one attached hydrogen (secondary N) is 1. The first-order valence-electron chi connectivity index (χ1n) is 6.46. The Hall–Kier alpha value is -2.48. The molecule has 0 bridgehead atoms. The Balaban J connectivity index is 2.01. The third kappa shape index (κ3) is 4.25. The van der Waals surface area contributed by atoms with E-state index in [2.05, 4.69) is 5.32 Å². The van der Waals surface area contributed by atoms with Gasteiger partial charge in [0.2, 0.25) is 5.91 Å². The summed E-state index contributed by atoms with van der Waals surface area (Å²) in [4.78, 5) is 34.5. The molecule has 21 heavy (non-hydrogen) atoms. The van der Waals surface area contributed by atoms with E-state index in [9.17, 15) is 19.7 Å². The smallest absolute Gasteiger partial charge is 0.317 e. The molecule has 1 aromatic carbocycles. The molecular formula is C13H15N3O5. The van der Waals surface area contributed by atoms with Crippen molar-refractivity contribution >= 4 is 23.3 Å². The van der Waals surface area contributed by atoms with Crippen molar-refractivity contribution in [3.63, 3.8) is 0 Å². The van der Waals surface area contributed by atoms with Gasteiger partial charge in [0, 0.05) is 12.1 Å². The first-order chi connectivity index (χ1) is 9.97. The molecule has 1 aliphatic carbocycles. The summed E-state index contributed by atoms with van der Waals surface area (Å²) in [6.45, 7) is -0.308. The van der Waals surface area contributed by atoms with Crippen LogP contribution in [0.1, 0.15) is 12.8 Å². The van der Waals surface area contributed by atoms with Crippen molar-refractivity contribution in [3.8, 4) is 0 Å². The maximum Gasteiger partial charge on any atom is 0.317 e. The van der Waals surface area contributed by atoms with Crippen molar-refractivity contribution in [2.24, 2.45) is 0 Å². The number of hydrogen-bond donors (Lipinski definition) is 2. The number of rotatable bonds is 7. The summed E-state index contributed by atoms with van der Waals surface area (Å²) in [5.74, 6) is -1.46. The van der Waals surface area contributed by atoms with Gasteiger partial charge in [-0.2, -0.15) is 0 Å². The minimum atomic E-state index is -1.000. The lowest BCUT2D eigenvalue weighted by atomic mass is 10.2. The van der Waals surface area contributed by atoms with Gasteiger partial charge >= 0.3 is 5.97 Å². The summed E-state index contributed by atoms with van der Waals surface area (Å²) >= 11 is 0. The van der Waals surface area contributed by atoms with E-state index in [1.807, 2.05) is 0 Å². The highest BCUT2D eigenvalue weighted by Gasteiger charge is 2.31. The molecule has 112 valence electrons. The van der Waals surface area contributed by atoms with Crippen LogP contribution >= 0.6 is 0 Å². The molecule has 0 unspecified atom stereocenters. The van der Waals surface area contributed by atoms with Gasteiger partial charge in [-0.15, -0.1) is 0 Å². The lowest BCUT2D eigenvalue weighted by Gasteiger charge is -2.18. The first kappa shape index (κ1) is 14.9. The Kier molecular flexibility index (Phi) is 4.49. The minimum absolute atomic E-state index is 0.0942. The van der Waals surface area contributed by atoms with E-state index in [0.29, 0.717) is 0 Å². The van der Waals surface area contributed by atoms with Gasteiger partial charge in [-0.3, -0.25) is 24.6 Å². The van der Waals surface area contributed by atoms with Gasteiger partial charge in [0.05, 0.1) is 18.0 Å². The number of nitro benzene ring substituents is 1. The zero-order valence-electron chi connectivity index (χ0n) is 11.2. The van der Waals surface area contributed by atoms with Gasteiger partial charge in [-0.05, 0) is 18.9 Å². The maximum absolute atomic E-state index is 11.9. The lowest BCUT2D eigenvalue weighted by Crippen LogP contribution is -2.38. The number of anilines is 1. The number of benzene rings is 1. The number of carboxylic acids is 1. The molecule has 1 fully saturated rings. The number of carboxylic acid groups (broad SMARTS) is 1. The summed E-state index contributed by atoms with van der Waals surface area (Å²) in [7, 11) is 0. The summed E-state index contributed by atoms with van der Waals surface area (Å²) in [6, 6.07) is 5.94. The fourth-order valence-electron chi connectivity index (χ4n) is 2.04. The molecule has 1 saturated carbocycles. The summed E-state index contributed by atoms with van der Waals surface area (Å²) < 4.78 is 0. The van der Waals surface area contributed by atoms with Crippen LogP contribution in [0, 0.1) is 10.1 Å². The van der Waals surface area contributed by atoms with Crippen LogP contribution in [0.4, 0.5) is 11.4 Å². The number of carbonyl (C=O) groups is 2. The van der Waals surface area contributed by atoms with Crippen LogP contribution in [0.5, 0.6) is 0 Å². The molecule has 0 atom stereocenters. The number of nitro groups is 1. The van der Waals surface area contributed by atoms with Crippen LogP contribution in [0.2, 0.25) is 0 Å². The van der Waals surface area contributed by atoms with Crippen LogP contribution in [0.25, 0.3) is 0 Å². The highest BCUT2D eigenvalue weighted by molar-refractivity contribution is 5.94. The summed E-state index contributed by atoms with van der Waals surface area (Å²) in [5.41, 5.74) is -0.0828. The Labute approximate surface area is 120 Å². The van der Waals surface area contributed by atoms with E-state index in [1.54, 1.807) is 11.0 Å².